The molecule has 8 nitrogen and oxygen atoms in total. The number of nitrogens with zero attached hydrogens (tertiary/aromatic N) is 2. The van der Waals surface area contributed by atoms with Crippen molar-refractivity contribution in [2.24, 2.45) is 0 Å². The highest BCUT2D eigenvalue weighted by atomic mass is 16.6. The van der Waals surface area contributed by atoms with Gasteiger partial charge in [-0.25, -0.2) is 0 Å². The maximum Gasteiger partial charge on any atom is 0.320 e. The number of benzene rings is 1. The topological polar surface area (TPSA) is 113 Å². The fourth-order valence-electron chi connectivity index (χ4n) is 2.65. The SMILES string of the molecule is CCCC(NCC(=O)N1CCc2ccc([N+](=O)[O-])cc21)C(=O)O. The number of rotatable bonds is 7. The molecular formula is C15H19N3O5. The van der Waals surface area contributed by atoms with E-state index in [0.29, 0.717) is 31.5 Å². The lowest BCUT2D eigenvalue weighted by Crippen LogP contribution is -2.44. The van der Waals surface area contributed by atoms with Crippen LogP contribution in [0.1, 0.15) is 25.3 Å². The van der Waals surface area contributed by atoms with E-state index in [-0.39, 0.29) is 18.1 Å². The summed E-state index contributed by atoms with van der Waals surface area (Å²) in [6.45, 7) is 2.21. The van der Waals surface area contributed by atoms with Crippen LogP contribution in [0.25, 0.3) is 0 Å². The minimum atomic E-state index is -0.989. The second kappa shape index (κ2) is 7.19. The van der Waals surface area contributed by atoms with Crippen molar-refractivity contribution in [3.8, 4) is 0 Å². The van der Waals surface area contributed by atoms with Crippen molar-refractivity contribution < 1.29 is 19.6 Å². The molecule has 1 atom stereocenters. The Labute approximate surface area is 133 Å². The van der Waals surface area contributed by atoms with Gasteiger partial charge in [-0.1, -0.05) is 19.4 Å². The number of hydrogen-bond acceptors (Lipinski definition) is 5. The van der Waals surface area contributed by atoms with Crippen LogP contribution in [0.2, 0.25) is 0 Å². The second-order valence-corrected chi connectivity index (χ2v) is 5.43. The fraction of sp³-hybridized carbons (Fsp3) is 0.467. The van der Waals surface area contributed by atoms with E-state index >= 15 is 0 Å². The maximum atomic E-state index is 12.3. The van der Waals surface area contributed by atoms with Gasteiger partial charge in [0.2, 0.25) is 5.91 Å². The minimum Gasteiger partial charge on any atom is -0.480 e. The van der Waals surface area contributed by atoms with E-state index in [9.17, 15) is 19.7 Å². The Balaban J connectivity index is 2.07. The normalized spacial score (nSPS) is 14.4. The summed E-state index contributed by atoms with van der Waals surface area (Å²) in [6, 6.07) is 3.70. The van der Waals surface area contributed by atoms with Crippen LogP contribution in [0.3, 0.4) is 0 Å². The number of fused-ring (bicyclic) bond motifs is 1. The third kappa shape index (κ3) is 3.84. The van der Waals surface area contributed by atoms with Gasteiger partial charge >= 0.3 is 5.97 Å². The molecule has 0 radical (unpaired) electrons. The molecule has 1 aliphatic heterocycles. The molecule has 0 bridgehead atoms. The van der Waals surface area contributed by atoms with E-state index < -0.39 is 16.9 Å². The van der Waals surface area contributed by atoms with Crippen LogP contribution in [0, 0.1) is 10.1 Å². The lowest BCUT2D eigenvalue weighted by atomic mass is 10.1. The Morgan fingerprint density at radius 2 is 2.22 bits per heavy atom. The number of amides is 1. The Morgan fingerprint density at radius 3 is 2.83 bits per heavy atom. The molecule has 1 aliphatic rings. The number of non-ortho nitro benzene ring substituents is 1. The first-order chi connectivity index (χ1) is 10.9. The number of carboxylic acid groups (broad SMARTS) is 1. The highest BCUT2D eigenvalue weighted by Crippen LogP contribution is 2.31. The lowest BCUT2D eigenvalue weighted by molar-refractivity contribution is -0.384. The van der Waals surface area contributed by atoms with Crippen LogP contribution in [0.5, 0.6) is 0 Å². The number of carbonyl (C=O) groups excluding carboxylic acids is 1. The number of nitro groups is 1. The first-order valence-corrected chi connectivity index (χ1v) is 7.48. The zero-order chi connectivity index (χ0) is 17.0. The smallest absolute Gasteiger partial charge is 0.320 e. The van der Waals surface area contributed by atoms with Gasteiger partial charge < -0.3 is 10.0 Å². The van der Waals surface area contributed by atoms with E-state index in [0.717, 1.165) is 5.56 Å². The van der Waals surface area contributed by atoms with Crippen LogP contribution in [-0.4, -0.2) is 41.0 Å². The number of carboxylic acids is 1. The summed E-state index contributed by atoms with van der Waals surface area (Å²) in [7, 11) is 0. The lowest BCUT2D eigenvalue weighted by Gasteiger charge is -2.19. The Hall–Kier alpha value is -2.48. The summed E-state index contributed by atoms with van der Waals surface area (Å²) in [4.78, 5) is 35.2. The van der Waals surface area contributed by atoms with E-state index in [1.807, 2.05) is 6.92 Å². The molecule has 0 aromatic heterocycles. The zero-order valence-electron chi connectivity index (χ0n) is 12.8. The molecule has 2 rings (SSSR count). The fourth-order valence-corrected chi connectivity index (χ4v) is 2.65. The van der Waals surface area contributed by atoms with Crippen LogP contribution >= 0.6 is 0 Å². The number of anilines is 1. The molecule has 0 saturated carbocycles. The van der Waals surface area contributed by atoms with Crippen molar-refractivity contribution in [3.63, 3.8) is 0 Å². The summed E-state index contributed by atoms with van der Waals surface area (Å²) < 4.78 is 0. The van der Waals surface area contributed by atoms with Gasteiger partial charge in [0.15, 0.2) is 0 Å². The van der Waals surface area contributed by atoms with E-state index in [1.165, 1.54) is 17.0 Å². The highest BCUT2D eigenvalue weighted by Gasteiger charge is 2.27. The number of carbonyl (C=O) groups is 2. The molecule has 0 fully saturated rings. The molecule has 1 aromatic rings. The minimum absolute atomic E-state index is 0.0641. The zero-order valence-corrected chi connectivity index (χ0v) is 12.8. The molecule has 1 aromatic carbocycles. The van der Waals surface area contributed by atoms with Gasteiger partial charge in [-0.15, -0.1) is 0 Å². The monoisotopic (exact) mass is 321 g/mol. The first-order valence-electron chi connectivity index (χ1n) is 7.48. The average molecular weight is 321 g/mol. The number of nitro benzene ring substituents is 1. The van der Waals surface area contributed by atoms with Crippen molar-refractivity contribution in [2.45, 2.75) is 32.2 Å². The molecule has 1 unspecified atom stereocenters. The van der Waals surface area contributed by atoms with Gasteiger partial charge in [0.1, 0.15) is 6.04 Å². The molecule has 0 spiro atoms. The highest BCUT2D eigenvalue weighted by molar-refractivity contribution is 5.97. The van der Waals surface area contributed by atoms with Crippen molar-refractivity contribution in [2.75, 3.05) is 18.0 Å². The van der Waals surface area contributed by atoms with Crippen molar-refractivity contribution in [1.82, 2.24) is 5.32 Å². The standard InChI is InChI=1S/C15H19N3O5/c1-2-3-12(15(20)21)16-9-14(19)17-7-6-10-4-5-11(18(22)23)8-13(10)17/h4-5,8,12,16H,2-3,6-7,9H2,1H3,(H,20,21). The molecule has 1 amide bonds. The Morgan fingerprint density at radius 1 is 1.48 bits per heavy atom. The molecule has 2 N–H and O–H groups in total. The second-order valence-electron chi connectivity index (χ2n) is 5.43. The quantitative estimate of drug-likeness (QED) is 0.578. The van der Waals surface area contributed by atoms with Crippen molar-refractivity contribution in [1.29, 1.82) is 0 Å². The third-order valence-electron chi connectivity index (χ3n) is 3.85. The first kappa shape index (κ1) is 16.9. The molecule has 124 valence electrons. The largest absolute Gasteiger partial charge is 0.480 e. The van der Waals surface area contributed by atoms with Gasteiger partial charge in [0.25, 0.3) is 5.69 Å². The predicted molar refractivity (Wildman–Crippen MR) is 83.5 cm³/mol. The maximum absolute atomic E-state index is 12.3. The van der Waals surface area contributed by atoms with Crippen LogP contribution in [0.4, 0.5) is 11.4 Å². The summed E-state index contributed by atoms with van der Waals surface area (Å²) >= 11 is 0. The van der Waals surface area contributed by atoms with Crippen LogP contribution < -0.4 is 10.2 Å². The van der Waals surface area contributed by atoms with Crippen molar-refractivity contribution >= 4 is 23.3 Å². The number of nitrogens with one attached hydrogen (secondary N) is 1. The number of aliphatic carboxylic acids is 1. The van der Waals surface area contributed by atoms with Crippen LogP contribution in [-0.2, 0) is 16.0 Å². The third-order valence-corrected chi connectivity index (χ3v) is 3.85. The average Bonchev–Trinajstić information content (AvgIpc) is 2.93. The molecule has 1 heterocycles. The van der Waals surface area contributed by atoms with Gasteiger partial charge in [-0.05, 0) is 18.4 Å². The Bertz CT molecular complexity index is 632. The Kier molecular flexibility index (Phi) is 5.28. The molecule has 0 saturated heterocycles. The number of hydrogen-bond donors (Lipinski definition) is 2. The summed E-state index contributed by atoms with van der Waals surface area (Å²) in [5, 5.41) is 22.7. The molecular weight excluding hydrogens is 302 g/mol. The molecule has 23 heavy (non-hydrogen) atoms. The predicted octanol–water partition coefficient (Wildman–Crippen LogP) is 1.33. The van der Waals surface area contributed by atoms with Gasteiger partial charge in [0.05, 0.1) is 17.2 Å². The molecule has 8 heteroatoms. The van der Waals surface area contributed by atoms with E-state index in [1.54, 1.807) is 6.07 Å². The van der Waals surface area contributed by atoms with Gasteiger partial charge in [0, 0.05) is 18.7 Å². The van der Waals surface area contributed by atoms with E-state index in [4.69, 9.17) is 5.11 Å². The van der Waals surface area contributed by atoms with E-state index in [2.05, 4.69) is 5.32 Å². The van der Waals surface area contributed by atoms with Gasteiger partial charge in [-0.3, -0.25) is 25.0 Å². The summed E-state index contributed by atoms with van der Waals surface area (Å²) in [5.41, 5.74) is 1.35. The molecule has 0 aliphatic carbocycles. The van der Waals surface area contributed by atoms with Crippen molar-refractivity contribution in [3.05, 3.63) is 33.9 Å². The van der Waals surface area contributed by atoms with Crippen LogP contribution in [0.15, 0.2) is 18.2 Å². The summed E-state index contributed by atoms with van der Waals surface area (Å²) in [6.07, 6.45) is 1.76. The summed E-state index contributed by atoms with van der Waals surface area (Å²) in [5.74, 6) is -1.27. The van der Waals surface area contributed by atoms with Gasteiger partial charge in [-0.2, -0.15) is 0 Å².